The van der Waals surface area contributed by atoms with Crippen LogP contribution in [-0.2, 0) is 15.9 Å². The number of aliphatic hydroxyl groups is 1. The Morgan fingerprint density at radius 3 is 2.47 bits per heavy atom. The summed E-state index contributed by atoms with van der Waals surface area (Å²) in [5.41, 5.74) is 0.742. The van der Waals surface area contributed by atoms with Crippen molar-refractivity contribution in [2.75, 3.05) is 26.2 Å². The van der Waals surface area contributed by atoms with Crippen molar-refractivity contribution >= 4 is 17.7 Å². The van der Waals surface area contributed by atoms with Crippen LogP contribution in [-0.4, -0.2) is 77.1 Å². The van der Waals surface area contributed by atoms with Crippen LogP contribution >= 0.6 is 11.6 Å². The van der Waals surface area contributed by atoms with Gasteiger partial charge in [0.1, 0.15) is 5.60 Å². The molecule has 1 amide bonds. The molecule has 0 saturated carbocycles. The molecule has 1 aromatic carbocycles. The molecular formula is C23H35ClN2O4. The highest BCUT2D eigenvalue weighted by Crippen LogP contribution is 2.27. The molecule has 168 valence electrons. The lowest BCUT2D eigenvalue weighted by molar-refractivity contribution is -0.122. The molecule has 2 heterocycles. The number of piperidine rings is 1. The second-order valence-electron chi connectivity index (χ2n) is 9.49. The van der Waals surface area contributed by atoms with E-state index in [1.165, 1.54) is 5.56 Å². The molecule has 7 heteroatoms. The Bertz CT molecular complexity index is 696. The number of likely N-dealkylation sites (tertiary alicyclic amines) is 1. The van der Waals surface area contributed by atoms with E-state index in [1.807, 2.05) is 37.8 Å². The van der Waals surface area contributed by atoms with Crippen molar-refractivity contribution in [3.05, 3.63) is 34.9 Å². The van der Waals surface area contributed by atoms with Crippen molar-refractivity contribution in [2.45, 2.75) is 76.9 Å². The number of carbonyl (C=O) groups is 1. The maximum absolute atomic E-state index is 12.4. The Labute approximate surface area is 185 Å². The fourth-order valence-electron chi connectivity index (χ4n) is 4.25. The number of halogens is 1. The molecule has 0 aromatic heterocycles. The smallest absolute Gasteiger partial charge is 0.410 e. The summed E-state index contributed by atoms with van der Waals surface area (Å²) in [6, 6.07) is 8.55. The number of amides is 1. The maximum Gasteiger partial charge on any atom is 0.410 e. The van der Waals surface area contributed by atoms with Crippen LogP contribution < -0.4 is 0 Å². The molecule has 2 aliphatic rings. The highest BCUT2D eigenvalue weighted by molar-refractivity contribution is 6.30. The van der Waals surface area contributed by atoms with Crippen molar-refractivity contribution in [3.63, 3.8) is 0 Å². The van der Waals surface area contributed by atoms with Crippen LogP contribution in [0, 0.1) is 0 Å². The average Bonchev–Trinajstić information content (AvgIpc) is 2.68. The first-order valence-corrected chi connectivity index (χ1v) is 11.3. The van der Waals surface area contributed by atoms with Gasteiger partial charge in [0.2, 0.25) is 0 Å². The molecule has 0 bridgehead atoms. The van der Waals surface area contributed by atoms with Crippen LogP contribution in [0.3, 0.4) is 0 Å². The van der Waals surface area contributed by atoms with Crippen molar-refractivity contribution in [1.82, 2.24) is 9.80 Å². The molecule has 0 aliphatic carbocycles. The van der Waals surface area contributed by atoms with Gasteiger partial charge in [-0.2, -0.15) is 0 Å². The minimum absolute atomic E-state index is 0.185. The van der Waals surface area contributed by atoms with E-state index in [0.717, 1.165) is 24.3 Å². The highest BCUT2D eigenvalue weighted by atomic mass is 35.5. The highest BCUT2D eigenvalue weighted by Gasteiger charge is 2.37. The summed E-state index contributed by atoms with van der Waals surface area (Å²) in [5, 5.41) is 10.8. The third kappa shape index (κ3) is 6.33. The van der Waals surface area contributed by atoms with E-state index >= 15 is 0 Å². The van der Waals surface area contributed by atoms with Gasteiger partial charge in [0.25, 0.3) is 0 Å². The second kappa shape index (κ2) is 9.86. The second-order valence-corrected chi connectivity index (χ2v) is 9.93. The van der Waals surface area contributed by atoms with Crippen molar-refractivity contribution in [1.29, 1.82) is 0 Å². The molecule has 2 aliphatic heterocycles. The average molecular weight is 439 g/mol. The molecule has 6 nitrogen and oxygen atoms in total. The number of nitrogens with zero attached hydrogens (tertiary/aromatic N) is 2. The number of carbonyl (C=O) groups excluding carboxylic acids is 1. The van der Waals surface area contributed by atoms with Gasteiger partial charge in [-0.05, 0) is 64.7 Å². The molecule has 3 atom stereocenters. The maximum atomic E-state index is 12.4. The van der Waals surface area contributed by atoms with Gasteiger partial charge in [-0.3, -0.25) is 4.90 Å². The van der Waals surface area contributed by atoms with E-state index in [4.69, 9.17) is 21.1 Å². The number of benzene rings is 1. The Balaban J connectivity index is 1.65. The normalized spacial score (nSPS) is 25.2. The third-order valence-electron chi connectivity index (χ3n) is 5.87. The van der Waals surface area contributed by atoms with Gasteiger partial charge < -0.3 is 19.5 Å². The van der Waals surface area contributed by atoms with Crippen LogP contribution in [0.4, 0.5) is 4.79 Å². The third-order valence-corrected chi connectivity index (χ3v) is 6.12. The van der Waals surface area contributed by atoms with Gasteiger partial charge in [-0.25, -0.2) is 4.79 Å². The van der Waals surface area contributed by atoms with Crippen molar-refractivity contribution in [3.8, 4) is 0 Å². The van der Waals surface area contributed by atoms with Gasteiger partial charge in [0, 0.05) is 36.7 Å². The van der Waals surface area contributed by atoms with Gasteiger partial charge in [0.15, 0.2) is 0 Å². The standard InChI is InChI=1S/C23H35ClN2O4/c1-16(27)21-14-26(20(15-29-21)13-17-5-7-18(24)8-6-17)19-9-11-25(12-10-19)22(28)30-23(2,3)4/h5-8,16,19-21,27H,9-15H2,1-4H3/t16-,20+,21-/m1/s1. The largest absolute Gasteiger partial charge is 0.444 e. The molecule has 30 heavy (non-hydrogen) atoms. The number of hydrogen-bond acceptors (Lipinski definition) is 5. The molecule has 2 saturated heterocycles. The topological polar surface area (TPSA) is 62.2 Å². The Morgan fingerprint density at radius 1 is 1.27 bits per heavy atom. The van der Waals surface area contributed by atoms with Gasteiger partial charge in [-0.15, -0.1) is 0 Å². The van der Waals surface area contributed by atoms with Gasteiger partial charge >= 0.3 is 6.09 Å². The summed E-state index contributed by atoms with van der Waals surface area (Å²) in [7, 11) is 0. The zero-order valence-electron chi connectivity index (χ0n) is 18.5. The van der Waals surface area contributed by atoms with Gasteiger partial charge in [0.05, 0.1) is 18.8 Å². The molecule has 0 spiro atoms. The van der Waals surface area contributed by atoms with Crippen LogP contribution in [0.5, 0.6) is 0 Å². The predicted octanol–water partition coefficient (Wildman–Crippen LogP) is 3.73. The summed E-state index contributed by atoms with van der Waals surface area (Å²) in [6.45, 7) is 10.1. The Morgan fingerprint density at radius 2 is 1.90 bits per heavy atom. The number of aliphatic hydroxyl groups excluding tert-OH is 1. The summed E-state index contributed by atoms with van der Waals surface area (Å²) in [4.78, 5) is 16.7. The number of rotatable bonds is 4. The number of hydrogen-bond donors (Lipinski definition) is 1. The summed E-state index contributed by atoms with van der Waals surface area (Å²) >= 11 is 6.03. The van der Waals surface area contributed by atoms with E-state index in [1.54, 1.807) is 6.92 Å². The van der Waals surface area contributed by atoms with Gasteiger partial charge in [-0.1, -0.05) is 23.7 Å². The van der Waals surface area contributed by atoms with Crippen LogP contribution in [0.2, 0.25) is 5.02 Å². The number of morpholine rings is 1. The zero-order chi connectivity index (χ0) is 21.9. The minimum Gasteiger partial charge on any atom is -0.444 e. The van der Waals surface area contributed by atoms with E-state index < -0.39 is 11.7 Å². The molecule has 2 fully saturated rings. The molecule has 3 rings (SSSR count). The molecular weight excluding hydrogens is 404 g/mol. The molecule has 1 aromatic rings. The van der Waals surface area contributed by atoms with Crippen molar-refractivity contribution in [2.24, 2.45) is 0 Å². The van der Waals surface area contributed by atoms with E-state index in [-0.39, 0.29) is 18.2 Å². The molecule has 0 radical (unpaired) electrons. The first kappa shape index (κ1) is 23.3. The van der Waals surface area contributed by atoms with Crippen LogP contribution in [0.1, 0.15) is 46.1 Å². The minimum atomic E-state index is -0.508. The number of ether oxygens (including phenoxy) is 2. The monoisotopic (exact) mass is 438 g/mol. The first-order chi connectivity index (χ1) is 14.1. The van der Waals surface area contributed by atoms with Crippen molar-refractivity contribution < 1.29 is 19.4 Å². The fourth-order valence-corrected chi connectivity index (χ4v) is 4.38. The lowest BCUT2D eigenvalue weighted by atomic mass is 9.95. The Kier molecular flexibility index (Phi) is 7.66. The lowest BCUT2D eigenvalue weighted by Gasteiger charge is -2.47. The fraction of sp³-hybridized carbons (Fsp3) is 0.696. The quantitative estimate of drug-likeness (QED) is 0.776. The predicted molar refractivity (Wildman–Crippen MR) is 118 cm³/mol. The molecule has 1 N–H and O–H groups in total. The first-order valence-electron chi connectivity index (χ1n) is 10.9. The van der Waals surface area contributed by atoms with E-state index in [9.17, 15) is 9.90 Å². The SMILES string of the molecule is C[C@@H](O)[C@H]1CN(C2CCN(C(=O)OC(C)(C)C)CC2)[C@@H](Cc2ccc(Cl)cc2)CO1. The van der Waals surface area contributed by atoms with E-state index in [2.05, 4.69) is 17.0 Å². The van der Waals surface area contributed by atoms with E-state index in [0.29, 0.717) is 32.3 Å². The van der Waals surface area contributed by atoms with Crippen LogP contribution in [0.25, 0.3) is 0 Å². The molecule has 0 unspecified atom stereocenters. The lowest BCUT2D eigenvalue weighted by Crippen LogP contribution is -2.59. The van der Waals surface area contributed by atoms with Crippen LogP contribution in [0.15, 0.2) is 24.3 Å². The Hall–Kier alpha value is -1.34. The summed E-state index contributed by atoms with van der Waals surface area (Å²) < 4.78 is 11.5. The summed E-state index contributed by atoms with van der Waals surface area (Å²) in [6.07, 6.45) is 1.73. The summed E-state index contributed by atoms with van der Waals surface area (Å²) in [5.74, 6) is 0. The zero-order valence-corrected chi connectivity index (χ0v) is 19.3.